The number of hydrogen-bond donors (Lipinski definition) is 1. The van der Waals surface area contributed by atoms with Crippen LogP contribution in [0.3, 0.4) is 0 Å². The molecule has 0 radical (unpaired) electrons. The molecule has 0 aliphatic carbocycles. The van der Waals surface area contributed by atoms with E-state index in [1.807, 2.05) is 26.0 Å². The molecular weight excluding hydrogens is 252 g/mol. The molecule has 0 saturated carbocycles. The molecule has 0 aliphatic heterocycles. The number of carbonyl (C=O) groups is 1. The van der Waals surface area contributed by atoms with E-state index in [1.54, 1.807) is 12.1 Å². The minimum atomic E-state index is -1.27. The largest absolute Gasteiger partial charge is 0.444 e. The molecule has 0 bridgehead atoms. The second-order valence-electron chi connectivity index (χ2n) is 4.30. The number of carbonyl (C=O) groups excluding carboxylic acids is 1. The van der Waals surface area contributed by atoms with Gasteiger partial charge in [0.05, 0.1) is 0 Å². The van der Waals surface area contributed by atoms with E-state index in [9.17, 15) is 9.90 Å². The van der Waals surface area contributed by atoms with Crippen LogP contribution in [-0.2, 0) is 9.53 Å². The van der Waals surface area contributed by atoms with Crippen molar-refractivity contribution in [2.45, 2.75) is 44.8 Å². The van der Waals surface area contributed by atoms with E-state index < -0.39 is 17.6 Å². The highest BCUT2D eigenvalue weighted by Gasteiger charge is 2.21. The molecular formula is C14H19ClO3. The molecule has 0 spiro atoms. The number of rotatable bonds is 6. The Kier molecular flexibility index (Phi) is 6.16. The van der Waals surface area contributed by atoms with Gasteiger partial charge in [-0.2, -0.15) is 0 Å². The van der Waals surface area contributed by atoms with Crippen LogP contribution in [0.5, 0.6) is 0 Å². The summed E-state index contributed by atoms with van der Waals surface area (Å²) in [6.07, 6.45) is 1.21. The van der Waals surface area contributed by atoms with Crippen LogP contribution in [0.15, 0.2) is 24.3 Å². The van der Waals surface area contributed by atoms with Crippen molar-refractivity contribution in [3.63, 3.8) is 0 Å². The van der Waals surface area contributed by atoms with Gasteiger partial charge in [-0.15, -0.1) is 0 Å². The highest BCUT2D eigenvalue weighted by atomic mass is 35.5. The molecule has 1 unspecified atom stereocenters. The van der Waals surface area contributed by atoms with E-state index in [0.29, 0.717) is 12.0 Å². The Hall–Kier alpha value is -1.06. The van der Waals surface area contributed by atoms with Crippen LogP contribution >= 0.6 is 11.6 Å². The van der Waals surface area contributed by atoms with Gasteiger partial charge >= 0.3 is 5.97 Å². The second kappa shape index (κ2) is 7.39. The van der Waals surface area contributed by atoms with Gasteiger partial charge in [-0.3, -0.25) is 0 Å². The summed E-state index contributed by atoms with van der Waals surface area (Å²) in [7, 11) is 0. The maximum Gasteiger partial charge on any atom is 0.341 e. The monoisotopic (exact) mass is 270 g/mol. The van der Waals surface area contributed by atoms with Crippen LogP contribution in [-0.4, -0.2) is 16.6 Å². The van der Waals surface area contributed by atoms with Gasteiger partial charge in [0.2, 0.25) is 0 Å². The van der Waals surface area contributed by atoms with Crippen molar-refractivity contribution in [3.05, 3.63) is 35.4 Å². The van der Waals surface area contributed by atoms with Gasteiger partial charge < -0.3 is 9.84 Å². The summed E-state index contributed by atoms with van der Waals surface area (Å²) in [5, 5.41) is 9.82. The zero-order valence-corrected chi connectivity index (χ0v) is 11.5. The molecule has 0 saturated heterocycles. The number of benzene rings is 1. The van der Waals surface area contributed by atoms with Crippen LogP contribution in [0.2, 0.25) is 0 Å². The van der Waals surface area contributed by atoms with Gasteiger partial charge in [0.25, 0.3) is 0 Å². The summed E-state index contributed by atoms with van der Waals surface area (Å²) in [4.78, 5) is 11.6. The molecule has 18 heavy (non-hydrogen) atoms. The Labute approximate surface area is 113 Å². The summed E-state index contributed by atoms with van der Waals surface area (Å²) < 4.78 is 4.98. The van der Waals surface area contributed by atoms with Crippen LogP contribution < -0.4 is 0 Å². The van der Waals surface area contributed by atoms with Crippen molar-refractivity contribution in [2.24, 2.45) is 0 Å². The molecule has 1 aromatic rings. The fourth-order valence-electron chi connectivity index (χ4n) is 1.50. The Morgan fingerprint density at radius 1 is 1.39 bits per heavy atom. The Balaban J connectivity index is 2.53. The number of aliphatic hydroxyl groups excluding tert-OH is 1. The second-order valence-corrected chi connectivity index (χ2v) is 4.79. The lowest BCUT2D eigenvalue weighted by molar-refractivity contribution is -0.156. The normalized spacial score (nSPS) is 14.0. The molecule has 0 aliphatic rings. The Morgan fingerprint density at radius 2 is 2.00 bits per heavy atom. The molecule has 2 atom stereocenters. The molecule has 1 rings (SSSR count). The lowest BCUT2D eigenvalue weighted by Crippen LogP contribution is -2.19. The average molecular weight is 271 g/mol. The van der Waals surface area contributed by atoms with Crippen LogP contribution in [0.25, 0.3) is 0 Å². The number of unbranched alkanes of at least 4 members (excludes halogenated alkanes) is 1. The van der Waals surface area contributed by atoms with Crippen LogP contribution in [0, 0.1) is 6.92 Å². The maximum absolute atomic E-state index is 11.6. The summed E-state index contributed by atoms with van der Waals surface area (Å²) in [5.74, 6) is -0.699. The number of aryl methyl sites for hydroxylation is 1. The lowest BCUT2D eigenvalue weighted by Gasteiger charge is -2.14. The average Bonchev–Trinajstić information content (AvgIpc) is 2.36. The first-order valence-electron chi connectivity index (χ1n) is 6.13. The van der Waals surface area contributed by atoms with E-state index in [2.05, 4.69) is 0 Å². The fraction of sp³-hybridized carbons (Fsp3) is 0.500. The first-order chi connectivity index (χ1) is 8.54. The summed E-state index contributed by atoms with van der Waals surface area (Å²) in [6.45, 7) is 3.97. The van der Waals surface area contributed by atoms with Gasteiger partial charge in [0, 0.05) is 0 Å². The van der Waals surface area contributed by atoms with E-state index in [-0.39, 0.29) is 0 Å². The summed E-state index contributed by atoms with van der Waals surface area (Å²) >= 11 is 5.86. The first kappa shape index (κ1) is 15.0. The van der Waals surface area contributed by atoms with Crippen molar-refractivity contribution >= 4 is 17.6 Å². The van der Waals surface area contributed by atoms with E-state index >= 15 is 0 Å². The molecule has 4 heteroatoms. The van der Waals surface area contributed by atoms with Crippen LogP contribution in [0.4, 0.5) is 0 Å². The highest BCUT2D eigenvalue weighted by molar-refractivity contribution is 6.20. The van der Waals surface area contributed by atoms with E-state index in [4.69, 9.17) is 16.3 Å². The van der Waals surface area contributed by atoms with Crippen molar-refractivity contribution in [1.29, 1.82) is 0 Å². The first-order valence-corrected chi connectivity index (χ1v) is 6.57. The predicted molar refractivity (Wildman–Crippen MR) is 71.4 cm³/mol. The number of hydrogen-bond acceptors (Lipinski definition) is 3. The SMILES string of the molecule is CCCCC(Cl)OC(=O)[C@@H](O)c1ccc(C)cc1. The maximum atomic E-state index is 11.6. The highest BCUT2D eigenvalue weighted by Crippen LogP contribution is 2.18. The number of alkyl halides is 1. The van der Waals surface area contributed by atoms with Gasteiger partial charge in [-0.25, -0.2) is 4.79 Å². The van der Waals surface area contributed by atoms with Crippen molar-refractivity contribution in [2.75, 3.05) is 0 Å². The molecule has 100 valence electrons. The number of halogens is 1. The lowest BCUT2D eigenvalue weighted by atomic mass is 10.1. The zero-order valence-electron chi connectivity index (χ0n) is 10.7. The van der Waals surface area contributed by atoms with Crippen molar-refractivity contribution in [3.8, 4) is 0 Å². The Bertz CT molecular complexity index is 375. The molecule has 0 aromatic heterocycles. The number of esters is 1. The molecule has 0 heterocycles. The van der Waals surface area contributed by atoms with Gasteiger partial charge in [-0.05, 0) is 25.3 Å². The third-order valence-electron chi connectivity index (χ3n) is 2.65. The minimum Gasteiger partial charge on any atom is -0.444 e. The van der Waals surface area contributed by atoms with E-state index in [0.717, 1.165) is 18.4 Å². The number of aliphatic hydroxyl groups is 1. The molecule has 1 aromatic carbocycles. The van der Waals surface area contributed by atoms with Crippen molar-refractivity contribution < 1.29 is 14.6 Å². The van der Waals surface area contributed by atoms with Crippen molar-refractivity contribution in [1.82, 2.24) is 0 Å². The zero-order chi connectivity index (χ0) is 13.5. The third kappa shape index (κ3) is 4.67. The van der Waals surface area contributed by atoms with E-state index in [1.165, 1.54) is 0 Å². The van der Waals surface area contributed by atoms with Crippen LogP contribution in [0.1, 0.15) is 43.4 Å². The van der Waals surface area contributed by atoms with Gasteiger partial charge in [-0.1, -0.05) is 54.8 Å². The quantitative estimate of drug-likeness (QED) is 0.637. The van der Waals surface area contributed by atoms with Gasteiger partial charge in [0.15, 0.2) is 11.7 Å². The summed E-state index contributed by atoms with van der Waals surface area (Å²) in [6, 6.07) is 7.08. The predicted octanol–water partition coefficient (Wildman–Crippen LogP) is 3.33. The molecule has 1 N–H and O–H groups in total. The summed E-state index contributed by atoms with van der Waals surface area (Å²) in [5.41, 5.74) is 0.917. The topological polar surface area (TPSA) is 46.5 Å². The van der Waals surface area contributed by atoms with Gasteiger partial charge in [0.1, 0.15) is 0 Å². The number of ether oxygens (including phenoxy) is 1. The standard InChI is InChI=1S/C14H19ClO3/c1-3-4-5-12(15)18-14(17)13(16)11-8-6-10(2)7-9-11/h6-9,12-13,16H,3-5H2,1-2H3/t12?,13-/m0/s1. The smallest absolute Gasteiger partial charge is 0.341 e. The fourth-order valence-corrected chi connectivity index (χ4v) is 1.74. The molecule has 0 fully saturated rings. The molecule has 0 amide bonds. The third-order valence-corrected chi connectivity index (χ3v) is 2.95. The molecule has 3 nitrogen and oxygen atoms in total. The minimum absolute atomic E-state index is 0.518. The Morgan fingerprint density at radius 3 is 2.56 bits per heavy atom.